The van der Waals surface area contributed by atoms with Crippen LogP contribution in [-0.2, 0) is 0 Å². The minimum Gasteiger partial charge on any atom is -0.378 e. The fourth-order valence-electron chi connectivity index (χ4n) is 2.21. The van der Waals surface area contributed by atoms with Crippen LogP contribution in [0.3, 0.4) is 0 Å². The lowest BCUT2D eigenvalue weighted by molar-refractivity contribution is 0.100. The second kappa shape index (κ2) is 6.24. The van der Waals surface area contributed by atoms with Crippen LogP contribution in [0.2, 0.25) is 0 Å². The molecule has 2 aromatic rings. The standard InChI is InChI=1S/C17H20N2O/c1-12(2)16(13-6-4-3-5-7-13)19-15-10-8-14(9-11-15)17(18)20/h3-12,16,19H,1-2H3,(H2,18,20). The second-order valence-corrected chi connectivity index (χ2v) is 5.22. The van der Waals surface area contributed by atoms with Crippen LogP contribution >= 0.6 is 0 Å². The highest BCUT2D eigenvalue weighted by molar-refractivity contribution is 5.93. The molecule has 3 heteroatoms. The van der Waals surface area contributed by atoms with E-state index in [2.05, 4.69) is 31.3 Å². The molecule has 3 nitrogen and oxygen atoms in total. The van der Waals surface area contributed by atoms with E-state index in [0.29, 0.717) is 11.5 Å². The van der Waals surface area contributed by atoms with E-state index in [4.69, 9.17) is 5.73 Å². The van der Waals surface area contributed by atoms with E-state index in [1.807, 2.05) is 30.3 Å². The molecule has 0 saturated carbocycles. The van der Waals surface area contributed by atoms with E-state index in [0.717, 1.165) is 5.69 Å². The van der Waals surface area contributed by atoms with Gasteiger partial charge < -0.3 is 11.1 Å². The van der Waals surface area contributed by atoms with Crippen LogP contribution in [0.1, 0.15) is 35.8 Å². The third kappa shape index (κ3) is 3.38. The molecule has 0 radical (unpaired) electrons. The molecular formula is C17H20N2O. The zero-order valence-electron chi connectivity index (χ0n) is 11.8. The summed E-state index contributed by atoms with van der Waals surface area (Å²) in [6, 6.07) is 17.8. The number of nitrogens with two attached hydrogens (primary N) is 1. The first-order valence-corrected chi connectivity index (χ1v) is 6.79. The first-order valence-electron chi connectivity index (χ1n) is 6.79. The van der Waals surface area contributed by atoms with Gasteiger partial charge in [0.25, 0.3) is 0 Å². The number of amides is 1. The quantitative estimate of drug-likeness (QED) is 0.870. The van der Waals surface area contributed by atoms with Gasteiger partial charge in [0.15, 0.2) is 0 Å². The monoisotopic (exact) mass is 268 g/mol. The van der Waals surface area contributed by atoms with Crippen molar-refractivity contribution >= 4 is 11.6 Å². The predicted molar refractivity (Wildman–Crippen MR) is 82.6 cm³/mol. The number of hydrogen-bond acceptors (Lipinski definition) is 2. The molecule has 104 valence electrons. The summed E-state index contributed by atoms with van der Waals surface area (Å²) in [6.07, 6.45) is 0. The summed E-state index contributed by atoms with van der Waals surface area (Å²) in [5.41, 5.74) is 8.00. The Hall–Kier alpha value is -2.29. The Morgan fingerprint density at radius 2 is 1.60 bits per heavy atom. The van der Waals surface area contributed by atoms with Gasteiger partial charge in [0, 0.05) is 11.3 Å². The van der Waals surface area contributed by atoms with Crippen LogP contribution in [0.25, 0.3) is 0 Å². The van der Waals surface area contributed by atoms with E-state index in [1.165, 1.54) is 5.56 Å². The summed E-state index contributed by atoms with van der Waals surface area (Å²) in [5, 5.41) is 3.51. The summed E-state index contributed by atoms with van der Waals surface area (Å²) in [6.45, 7) is 4.37. The molecule has 0 heterocycles. The van der Waals surface area contributed by atoms with Crippen LogP contribution in [0.5, 0.6) is 0 Å². The van der Waals surface area contributed by atoms with Gasteiger partial charge >= 0.3 is 0 Å². The van der Waals surface area contributed by atoms with Gasteiger partial charge in [-0.2, -0.15) is 0 Å². The SMILES string of the molecule is CC(C)C(Nc1ccc(C(N)=O)cc1)c1ccccc1. The Morgan fingerprint density at radius 1 is 1.00 bits per heavy atom. The number of carbonyl (C=O) groups is 1. The maximum atomic E-state index is 11.1. The Labute approximate surface area is 119 Å². The zero-order valence-corrected chi connectivity index (χ0v) is 11.8. The van der Waals surface area contributed by atoms with Crippen LogP contribution in [0, 0.1) is 5.92 Å². The molecule has 2 rings (SSSR count). The van der Waals surface area contributed by atoms with Crippen molar-refractivity contribution in [1.29, 1.82) is 0 Å². The molecule has 0 aliphatic carbocycles. The number of hydrogen-bond donors (Lipinski definition) is 2. The van der Waals surface area contributed by atoms with Crippen molar-refractivity contribution in [2.24, 2.45) is 11.7 Å². The first-order chi connectivity index (χ1) is 9.58. The average Bonchev–Trinajstić information content (AvgIpc) is 2.46. The minimum atomic E-state index is -0.403. The molecule has 0 aliphatic rings. The van der Waals surface area contributed by atoms with Crippen molar-refractivity contribution in [2.75, 3.05) is 5.32 Å². The highest BCUT2D eigenvalue weighted by Gasteiger charge is 2.15. The van der Waals surface area contributed by atoms with Gasteiger partial charge in [0.05, 0.1) is 6.04 Å². The third-order valence-corrected chi connectivity index (χ3v) is 3.32. The minimum absolute atomic E-state index is 0.232. The number of carbonyl (C=O) groups excluding carboxylic acids is 1. The van der Waals surface area contributed by atoms with Crippen molar-refractivity contribution < 1.29 is 4.79 Å². The Bertz CT molecular complexity index is 561. The predicted octanol–water partition coefficient (Wildman–Crippen LogP) is 3.59. The first kappa shape index (κ1) is 14.1. The van der Waals surface area contributed by atoms with Crippen LogP contribution in [0.4, 0.5) is 5.69 Å². The van der Waals surface area contributed by atoms with Gasteiger partial charge in [-0.15, -0.1) is 0 Å². The second-order valence-electron chi connectivity index (χ2n) is 5.22. The highest BCUT2D eigenvalue weighted by atomic mass is 16.1. The lowest BCUT2D eigenvalue weighted by atomic mass is 9.95. The average molecular weight is 268 g/mol. The summed E-state index contributed by atoms with van der Waals surface area (Å²) in [7, 11) is 0. The topological polar surface area (TPSA) is 55.1 Å². The van der Waals surface area contributed by atoms with Crippen molar-refractivity contribution in [3.8, 4) is 0 Å². The van der Waals surface area contributed by atoms with Crippen LogP contribution < -0.4 is 11.1 Å². The third-order valence-electron chi connectivity index (χ3n) is 3.32. The molecule has 0 saturated heterocycles. The van der Waals surface area contributed by atoms with Gasteiger partial charge in [0.2, 0.25) is 5.91 Å². The highest BCUT2D eigenvalue weighted by Crippen LogP contribution is 2.26. The molecule has 1 unspecified atom stereocenters. The van der Waals surface area contributed by atoms with Crippen LogP contribution in [0.15, 0.2) is 54.6 Å². The van der Waals surface area contributed by atoms with E-state index in [9.17, 15) is 4.79 Å². The molecule has 1 amide bonds. The van der Waals surface area contributed by atoms with Crippen molar-refractivity contribution in [3.63, 3.8) is 0 Å². The van der Waals surface area contributed by atoms with Crippen molar-refractivity contribution in [1.82, 2.24) is 0 Å². The lowest BCUT2D eigenvalue weighted by Gasteiger charge is -2.24. The normalized spacial score (nSPS) is 12.2. The number of nitrogens with one attached hydrogen (secondary N) is 1. The summed E-state index contributed by atoms with van der Waals surface area (Å²) < 4.78 is 0. The molecular weight excluding hydrogens is 248 g/mol. The fourth-order valence-corrected chi connectivity index (χ4v) is 2.21. The van der Waals surface area contributed by atoms with Crippen molar-refractivity contribution in [2.45, 2.75) is 19.9 Å². The molecule has 1 atom stereocenters. The van der Waals surface area contributed by atoms with Gasteiger partial charge in [-0.05, 0) is 35.7 Å². The Morgan fingerprint density at radius 3 is 2.10 bits per heavy atom. The molecule has 0 fully saturated rings. The molecule has 2 aromatic carbocycles. The summed E-state index contributed by atoms with van der Waals surface area (Å²) in [4.78, 5) is 11.1. The van der Waals surface area contributed by atoms with E-state index in [-0.39, 0.29) is 6.04 Å². The molecule has 20 heavy (non-hydrogen) atoms. The van der Waals surface area contributed by atoms with E-state index in [1.54, 1.807) is 12.1 Å². The lowest BCUT2D eigenvalue weighted by Crippen LogP contribution is -2.17. The summed E-state index contributed by atoms with van der Waals surface area (Å²) >= 11 is 0. The van der Waals surface area contributed by atoms with E-state index >= 15 is 0 Å². The van der Waals surface area contributed by atoms with Gasteiger partial charge in [-0.1, -0.05) is 44.2 Å². The molecule has 0 bridgehead atoms. The van der Waals surface area contributed by atoms with E-state index < -0.39 is 5.91 Å². The number of anilines is 1. The Kier molecular flexibility index (Phi) is 4.41. The molecule has 0 aliphatic heterocycles. The smallest absolute Gasteiger partial charge is 0.248 e. The number of benzene rings is 2. The van der Waals surface area contributed by atoms with Gasteiger partial charge in [-0.25, -0.2) is 0 Å². The zero-order chi connectivity index (χ0) is 14.5. The van der Waals surface area contributed by atoms with Gasteiger partial charge in [-0.3, -0.25) is 4.79 Å². The molecule has 3 N–H and O–H groups in total. The van der Waals surface area contributed by atoms with Crippen LogP contribution in [-0.4, -0.2) is 5.91 Å². The summed E-state index contributed by atoms with van der Waals surface area (Å²) in [5.74, 6) is 0.0493. The fraction of sp³-hybridized carbons (Fsp3) is 0.235. The maximum absolute atomic E-state index is 11.1. The largest absolute Gasteiger partial charge is 0.378 e. The van der Waals surface area contributed by atoms with Crippen molar-refractivity contribution in [3.05, 3.63) is 65.7 Å². The Balaban J connectivity index is 2.19. The number of primary amides is 1. The van der Waals surface area contributed by atoms with Gasteiger partial charge in [0.1, 0.15) is 0 Å². The number of rotatable bonds is 5. The maximum Gasteiger partial charge on any atom is 0.248 e. The molecule has 0 spiro atoms. The molecule has 0 aromatic heterocycles.